The molecule has 0 saturated heterocycles. The molecule has 2 aromatic rings. The van der Waals surface area contributed by atoms with Crippen molar-refractivity contribution < 1.29 is 9.84 Å². The summed E-state index contributed by atoms with van der Waals surface area (Å²) in [6, 6.07) is 8.59. The van der Waals surface area contributed by atoms with E-state index in [0.717, 1.165) is 22.3 Å². The second-order valence-corrected chi connectivity index (χ2v) is 10.2. The average Bonchev–Trinajstić information content (AvgIpc) is 2.58. The minimum absolute atomic E-state index is 0.000869. The van der Waals surface area contributed by atoms with Gasteiger partial charge in [-0.1, -0.05) is 83.0 Å². The van der Waals surface area contributed by atoms with E-state index in [1.165, 1.54) is 16.7 Å². The van der Waals surface area contributed by atoms with Crippen LogP contribution in [0.4, 0.5) is 0 Å². The van der Waals surface area contributed by atoms with Crippen molar-refractivity contribution in [2.45, 2.75) is 79.2 Å². The molecule has 2 rings (SSSR count). The molecule has 0 saturated carbocycles. The summed E-state index contributed by atoms with van der Waals surface area (Å²) >= 11 is 0. The third-order valence-electron chi connectivity index (χ3n) is 5.39. The topological polar surface area (TPSA) is 29.5 Å². The van der Waals surface area contributed by atoms with Gasteiger partial charge in [-0.25, -0.2) is 0 Å². The van der Waals surface area contributed by atoms with Crippen molar-refractivity contribution in [3.63, 3.8) is 0 Å². The first kappa shape index (κ1) is 23.2. The molecule has 2 aromatic carbocycles. The SMILES string of the molecule is CC=Cc1c(C(OC)c2cc(C)cc(C(C)(C)C)c2O)cc(C)cc1C(C)(C)C. The highest BCUT2D eigenvalue weighted by Gasteiger charge is 2.28. The van der Waals surface area contributed by atoms with E-state index in [4.69, 9.17) is 4.74 Å². The predicted molar refractivity (Wildman–Crippen MR) is 125 cm³/mol. The Morgan fingerprint density at radius 3 is 1.76 bits per heavy atom. The van der Waals surface area contributed by atoms with E-state index in [2.05, 4.69) is 91.8 Å². The zero-order chi connectivity index (χ0) is 22.1. The first-order valence-corrected chi connectivity index (χ1v) is 10.5. The Morgan fingerprint density at radius 2 is 1.31 bits per heavy atom. The smallest absolute Gasteiger partial charge is 0.125 e. The van der Waals surface area contributed by atoms with Gasteiger partial charge < -0.3 is 9.84 Å². The van der Waals surface area contributed by atoms with Crippen molar-refractivity contribution in [1.82, 2.24) is 0 Å². The molecule has 2 nitrogen and oxygen atoms in total. The Balaban J connectivity index is 2.86. The molecule has 1 atom stereocenters. The van der Waals surface area contributed by atoms with Crippen LogP contribution in [-0.2, 0) is 15.6 Å². The molecule has 1 N–H and O–H groups in total. The number of phenols is 1. The zero-order valence-electron chi connectivity index (χ0n) is 19.9. The maximum Gasteiger partial charge on any atom is 0.125 e. The summed E-state index contributed by atoms with van der Waals surface area (Å²) in [5.74, 6) is 0.334. The number of allylic oxidation sites excluding steroid dienone is 1. The van der Waals surface area contributed by atoms with Gasteiger partial charge >= 0.3 is 0 Å². The Morgan fingerprint density at radius 1 is 0.828 bits per heavy atom. The van der Waals surface area contributed by atoms with Crippen LogP contribution in [0.2, 0.25) is 0 Å². The zero-order valence-corrected chi connectivity index (χ0v) is 19.9. The molecule has 0 heterocycles. The van der Waals surface area contributed by atoms with Crippen molar-refractivity contribution in [2.24, 2.45) is 0 Å². The summed E-state index contributed by atoms with van der Waals surface area (Å²) in [6.07, 6.45) is 3.90. The minimum atomic E-state index is -0.344. The van der Waals surface area contributed by atoms with Crippen molar-refractivity contribution in [1.29, 1.82) is 0 Å². The molecule has 0 aliphatic heterocycles. The van der Waals surface area contributed by atoms with Gasteiger partial charge in [-0.05, 0) is 59.9 Å². The fourth-order valence-electron chi connectivity index (χ4n) is 4.02. The first-order chi connectivity index (χ1) is 13.3. The molecule has 29 heavy (non-hydrogen) atoms. The first-order valence-electron chi connectivity index (χ1n) is 10.5. The van der Waals surface area contributed by atoms with Gasteiger partial charge in [-0.15, -0.1) is 0 Å². The van der Waals surface area contributed by atoms with Crippen LogP contribution < -0.4 is 0 Å². The van der Waals surface area contributed by atoms with E-state index in [1.54, 1.807) is 7.11 Å². The molecular weight excluding hydrogens is 356 g/mol. The highest BCUT2D eigenvalue weighted by Crippen LogP contribution is 2.42. The third kappa shape index (κ3) is 4.93. The predicted octanol–water partition coefficient (Wildman–Crippen LogP) is 7.37. The van der Waals surface area contributed by atoms with E-state index in [-0.39, 0.29) is 16.9 Å². The van der Waals surface area contributed by atoms with Crippen LogP contribution in [-0.4, -0.2) is 12.2 Å². The molecule has 0 spiro atoms. The van der Waals surface area contributed by atoms with Crippen LogP contribution in [0.15, 0.2) is 30.3 Å². The molecular formula is C27H38O2. The Hall–Kier alpha value is -2.06. The summed E-state index contributed by atoms with van der Waals surface area (Å²) in [4.78, 5) is 0. The summed E-state index contributed by atoms with van der Waals surface area (Å²) in [6.45, 7) is 19.3. The number of rotatable bonds is 4. The molecule has 0 radical (unpaired) electrons. The number of methoxy groups -OCH3 is 1. The molecule has 1 unspecified atom stereocenters. The summed E-state index contributed by atoms with van der Waals surface area (Å²) in [5.41, 5.74) is 7.50. The van der Waals surface area contributed by atoms with Crippen molar-refractivity contribution in [3.05, 3.63) is 69.3 Å². The summed E-state index contributed by atoms with van der Waals surface area (Å²) < 4.78 is 6.04. The van der Waals surface area contributed by atoms with E-state index in [0.29, 0.717) is 5.75 Å². The number of hydrogen-bond donors (Lipinski definition) is 1. The fourth-order valence-corrected chi connectivity index (χ4v) is 4.02. The van der Waals surface area contributed by atoms with Gasteiger partial charge in [0.25, 0.3) is 0 Å². The lowest BCUT2D eigenvalue weighted by Crippen LogP contribution is -2.18. The number of ether oxygens (including phenoxy) is 1. The van der Waals surface area contributed by atoms with E-state index < -0.39 is 0 Å². The quantitative estimate of drug-likeness (QED) is 0.586. The molecule has 158 valence electrons. The van der Waals surface area contributed by atoms with Crippen molar-refractivity contribution in [2.75, 3.05) is 7.11 Å². The van der Waals surface area contributed by atoms with E-state index in [1.807, 2.05) is 6.92 Å². The lowest BCUT2D eigenvalue weighted by molar-refractivity contribution is 0.133. The van der Waals surface area contributed by atoms with Crippen molar-refractivity contribution in [3.8, 4) is 5.75 Å². The van der Waals surface area contributed by atoms with Crippen LogP contribution in [0.3, 0.4) is 0 Å². The van der Waals surface area contributed by atoms with E-state index >= 15 is 0 Å². The molecule has 0 fully saturated rings. The van der Waals surface area contributed by atoms with Crippen LogP contribution in [0.5, 0.6) is 5.75 Å². The Labute approximate surface area is 177 Å². The van der Waals surface area contributed by atoms with Crippen LogP contribution in [0.1, 0.15) is 93.5 Å². The van der Waals surface area contributed by atoms with Gasteiger partial charge in [0, 0.05) is 12.7 Å². The van der Waals surface area contributed by atoms with Crippen LogP contribution in [0, 0.1) is 13.8 Å². The standard InChI is InChI=1S/C27H38O2/c1-11-12-19-20(13-17(2)15-22(19)26(4,5)6)25(29-10)21-14-18(3)16-23(24(21)28)27(7,8)9/h11-16,25,28H,1-10H3. The largest absolute Gasteiger partial charge is 0.507 e. The molecule has 0 aromatic heterocycles. The lowest BCUT2D eigenvalue weighted by Gasteiger charge is -2.29. The monoisotopic (exact) mass is 394 g/mol. The second-order valence-electron chi connectivity index (χ2n) is 10.2. The van der Waals surface area contributed by atoms with Crippen molar-refractivity contribution >= 4 is 6.08 Å². The minimum Gasteiger partial charge on any atom is -0.507 e. The number of hydrogen-bond acceptors (Lipinski definition) is 2. The van der Waals surface area contributed by atoms with Gasteiger partial charge in [-0.2, -0.15) is 0 Å². The molecule has 0 bridgehead atoms. The maximum atomic E-state index is 11.2. The summed E-state index contributed by atoms with van der Waals surface area (Å²) in [5, 5.41) is 11.2. The summed E-state index contributed by atoms with van der Waals surface area (Å²) in [7, 11) is 1.72. The van der Waals surface area contributed by atoms with Gasteiger partial charge in [0.15, 0.2) is 0 Å². The van der Waals surface area contributed by atoms with Gasteiger partial charge in [0.1, 0.15) is 11.9 Å². The third-order valence-corrected chi connectivity index (χ3v) is 5.39. The van der Waals surface area contributed by atoms with Gasteiger partial charge in [-0.3, -0.25) is 0 Å². The maximum absolute atomic E-state index is 11.2. The highest BCUT2D eigenvalue weighted by atomic mass is 16.5. The molecule has 2 heteroatoms. The van der Waals surface area contributed by atoms with Crippen LogP contribution in [0.25, 0.3) is 6.08 Å². The van der Waals surface area contributed by atoms with Gasteiger partial charge in [0.05, 0.1) is 0 Å². The normalized spacial score (nSPS) is 13.9. The fraction of sp³-hybridized carbons (Fsp3) is 0.481. The number of aryl methyl sites for hydroxylation is 2. The lowest BCUT2D eigenvalue weighted by atomic mass is 9.78. The number of aromatic hydroxyl groups is 1. The molecule has 0 aliphatic rings. The molecule has 0 aliphatic carbocycles. The van der Waals surface area contributed by atoms with E-state index in [9.17, 15) is 5.11 Å². The van der Waals surface area contributed by atoms with Crippen LogP contribution >= 0.6 is 0 Å². The average molecular weight is 395 g/mol. The Kier molecular flexibility index (Phi) is 6.69. The molecule has 0 amide bonds. The highest BCUT2D eigenvalue weighted by molar-refractivity contribution is 5.63. The van der Waals surface area contributed by atoms with Gasteiger partial charge in [0.2, 0.25) is 0 Å². The Bertz CT molecular complexity index is 906. The number of phenolic OH excluding ortho intramolecular Hbond substituents is 1. The second kappa shape index (κ2) is 8.36. The number of benzene rings is 2.